The molecule has 2 N–H and O–H groups in total. The van der Waals surface area contributed by atoms with Gasteiger partial charge in [-0.25, -0.2) is 0 Å². The van der Waals surface area contributed by atoms with Crippen LogP contribution in [0.25, 0.3) is 0 Å². The molecule has 0 fully saturated rings. The SMILES string of the molecule is CCn1cc(CNCc2cc[nH]c2)cn1. The van der Waals surface area contributed by atoms with E-state index in [-0.39, 0.29) is 0 Å². The zero-order valence-corrected chi connectivity index (χ0v) is 8.90. The van der Waals surface area contributed by atoms with E-state index in [1.54, 1.807) is 0 Å². The molecule has 0 aromatic carbocycles. The smallest absolute Gasteiger partial charge is 0.0534 e. The molecule has 0 aliphatic heterocycles. The van der Waals surface area contributed by atoms with E-state index < -0.39 is 0 Å². The molecular formula is C11H16N4. The predicted molar refractivity (Wildman–Crippen MR) is 59.2 cm³/mol. The van der Waals surface area contributed by atoms with Crippen molar-refractivity contribution in [3.8, 4) is 0 Å². The molecule has 0 saturated heterocycles. The maximum Gasteiger partial charge on any atom is 0.0534 e. The van der Waals surface area contributed by atoms with E-state index >= 15 is 0 Å². The summed E-state index contributed by atoms with van der Waals surface area (Å²) in [5.41, 5.74) is 2.50. The topological polar surface area (TPSA) is 45.6 Å². The quantitative estimate of drug-likeness (QED) is 0.775. The maximum absolute atomic E-state index is 4.22. The average molecular weight is 204 g/mol. The highest BCUT2D eigenvalue weighted by molar-refractivity contribution is 5.09. The first-order valence-corrected chi connectivity index (χ1v) is 5.22. The molecule has 2 aromatic rings. The van der Waals surface area contributed by atoms with Crippen molar-refractivity contribution in [3.63, 3.8) is 0 Å². The lowest BCUT2D eigenvalue weighted by Gasteiger charge is -1.99. The van der Waals surface area contributed by atoms with Gasteiger partial charge in [0.05, 0.1) is 6.20 Å². The van der Waals surface area contributed by atoms with Gasteiger partial charge in [0.2, 0.25) is 0 Å². The van der Waals surface area contributed by atoms with Crippen LogP contribution in [0.2, 0.25) is 0 Å². The average Bonchev–Trinajstić information content (AvgIpc) is 2.88. The van der Waals surface area contributed by atoms with Gasteiger partial charge in [-0.15, -0.1) is 0 Å². The van der Waals surface area contributed by atoms with Crippen LogP contribution in [0.3, 0.4) is 0 Å². The minimum absolute atomic E-state index is 0.866. The van der Waals surface area contributed by atoms with Crippen molar-refractivity contribution in [3.05, 3.63) is 42.0 Å². The van der Waals surface area contributed by atoms with Gasteiger partial charge in [0, 0.05) is 43.8 Å². The Morgan fingerprint density at radius 1 is 1.40 bits per heavy atom. The van der Waals surface area contributed by atoms with Crippen LogP contribution >= 0.6 is 0 Å². The molecule has 80 valence electrons. The fourth-order valence-corrected chi connectivity index (χ4v) is 1.49. The van der Waals surface area contributed by atoms with Gasteiger partial charge in [-0.05, 0) is 18.6 Å². The van der Waals surface area contributed by atoms with E-state index in [2.05, 4.69) is 34.6 Å². The highest BCUT2D eigenvalue weighted by Gasteiger charge is 1.97. The third-order valence-corrected chi connectivity index (χ3v) is 2.33. The summed E-state index contributed by atoms with van der Waals surface area (Å²) < 4.78 is 1.94. The van der Waals surface area contributed by atoms with E-state index in [4.69, 9.17) is 0 Å². The number of H-pyrrole nitrogens is 1. The number of rotatable bonds is 5. The number of aryl methyl sites for hydroxylation is 1. The number of aromatic amines is 1. The van der Waals surface area contributed by atoms with Crippen molar-refractivity contribution in [1.82, 2.24) is 20.1 Å². The molecule has 0 radical (unpaired) electrons. The molecular weight excluding hydrogens is 188 g/mol. The number of hydrogen-bond donors (Lipinski definition) is 2. The van der Waals surface area contributed by atoms with E-state index in [9.17, 15) is 0 Å². The lowest BCUT2D eigenvalue weighted by molar-refractivity contribution is 0.655. The summed E-state index contributed by atoms with van der Waals surface area (Å²) in [4.78, 5) is 3.04. The molecule has 0 atom stereocenters. The summed E-state index contributed by atoms with van der Waals surface area (Å²) in [6.07, 6.45) is 7.92. The van der Waals surface area contributed by atoms with Crippen molar-refractivity contribution in [1.29, 1.82) is 0 Å². The van der Waals surface area contributed by atoms with Crippen LogP contribution < -0.4 is 5.32 Å². The summed E-state index contributed by atoms with van der Waals surface area (Å²) in [5.74, 6) is 0. The molecule has 0 aliphatic rings. The minimum atomic E-state index is 0.866. The van der Waals surface area contributed by atoms with E-state index in [0.717, 1.165) is 19.6 Å². The van der Waals surface area contributed by atoms with Gasteiger partial charge in [-0.1, -0.05) is 0 Å². The van der Waals surface area contributed by atoms with E-state index in [1.165, 1.54) is 11.1 Å². The fourth-order valence-electron chi connectivity index (χ4n) is 1.49. The summed E-state index contributed by atoms with van der Waals surface area (Å²) >= 11 is 0. The Morgan fingerprint density at radius 3 is 2.93 bits per heavy atom. The molecule has 15 heavy (non-hydrogen) atoms. The second kappa shape index (κ2) is 4.79. The van der Waals surface area contributed by atoms with Crippen LogP contribution in [0, 0.1) is 0 Å². The maximum atomic E-state index is 4.22. The largest absolute Gasteiger partial charge is 0.367 e. The summed E-state index contributed by atoms with van der Waals surface area (Å²) in [5, 5.41) is 7.59. The van der Waals surface area contributed by atoms with Crippen molar-refractivity contribution in [2.45, 2.75) is 26.6 Å². The lowest BCUT2D eigenvalue weighted by atomic mass is 10.3. The Bertz CT molecular complexity index is 388. The molecule has 0 unspecified atom stereocenters. The van der Waals surface area contributed by atoms with Gasteiger partial charge in [-0.2, -0.15) is 5.10 Å². The van der Waals surface area contributed by atoms with E-state index in [0.29, 0.717) is 0 Å². The number of nitrogens with zero attached hydrogens (tertiary/aromatic N) is 2. The van der Waals surface area contributed by atoms with Gasteiger partial charge in [-0.3, -0.25) is 4.68 Å². The number of nitrogens with one attached hydrogen (secondary N) is 2. The Kier molecular flexibility index (Phi) is 3.19. The van der Waals surface area contributed by atoms with E-state index in [1.807, 2.05) is 23.3 Å². The molecule has 0 bridgehead atoms. The van der Waals surface area contributed by atoms with Crippen LogP contribution in [0.15, 0.2) is 30.9 Å². The Balaban J connectivity index is 1.78. The second-order valence-electron chi connectivity index (χ2n) is 3.53. The second-order valence-corrected chi connectivity index (χ2v) is 3.53. The summed E-state index contributed by atoms with van der Waals surface area (Å²) in [7, 11) is 0. The molecule has 4 nitrogen and oxygen atoms in total. The van der Waals surface area contributed by atoms with Gasteiger partial charge >= 0.3 is 0 Å². The highest BCUT2D eigenvalue weighted by Crippen LogP contribution is 1.99. The fraction of sp³-hybridized carbons (Fsp3) is 0.364. The molecule has 2 aromatic heterocycles. The van der Waals surface area contributed by atoms with Crippen molar-refractivity contribution in [2.75, 3.05) is 0 Å². The van der Waals surface area contributed by atoms with Gasteiger partial charge in [0.25, 0.3) is 0 Å². The minimum Gasteiger partial charge on any atom is -0.367 e. The van der Waals surface area contributed by atoms with Crippen LogP contribution in [0.1, 0.15) is 18.1 Å². The molecule has 0 aliphatic carbocycles. The first-order chi connectivity index (χ1) is 7.38. The normalized spacial score (nSPS) is 10.7. The first kappa shape index (κ1) is 9.98. The Hall–Kier alpha value is -1.55. The molecule has 0 spiro atoms. The van der Waals surface area contributed by atoms with Gasteiger partial charge in [0.1, 0.15) is 0 Å². The zero-order valence-electron chi connectivity index (χ0n) is 8.90. The molecule has 0 saturated carbocycles. The van der Waals surface area contributed by atoms with Crippen LogP contribution in [-0.4, -0.2) is 14.8 Å². The van der Waals surface area contributed by atoms with Gasteiger partial charge in [0.15, 0.2) is 0 Å². The van der Waals surface area contributed by atoms with Crippen LogP contribution in [0.5, 0.6) is 0 Å². The third kappa shape index (κ3) is 2.70. The van der Waals surface area contributed by atoms with Crippen LogP contribution in [-0.2, 0) is 19.6 Å². The standard InChI is InChI=1S/C11H16N4/c1-2-15-9-11(8-14-15)7-13-6-10-3-4-12-5-10/h3-5,8-9,12-13H,2,6-7H2,1H3. The molecule has 0 amide bonds. The van der Waals surface area contributed by atoms with Crippen molar-refractivity contribution >= 4 is 0 Å². The predicted octanol–water partition coefficient (Wildman–Crippen LogP) is 1.52. The number of hydrogen-bond acceptors (Lipinski definition) is 2. The molecule has 4 heteroatoms. The number of aromatic nitrogens is 3. The Labute approximate surface area is 89.3 Å². The van der Waals surface area contributed by atoms with Crippen LogP contribution in [0.4, 0.5) is 0 Å². The van der Waals surface area contributed by atoms with Gasteiger partial charge < -0.3 is 10.3 Å². The molecule has 2 heterocycles. The first-order valence-electron chi connectivity index (χ1n) is 5.22. The zero-order chi connectivity index (χ0) is 10.5. The monoisotopic (exact) mass is 204 g/mol. The highest BCUT2D eigenvalue weighted by atomic mass is 15.3. The summed E-state index contributed by atoms with van der Waals surface area (Å²) in [6.45, 7) is 4.77. The third-order valence-electron chi connectivity index (χ3n) is 2.33. The van der Waals surface area contributed by atoms with Crippen molar-refractivity contribution in [2.24, 2.45) is 0 Å². The Morgan fingerprint density at radius 2 is 2.27 bits per heavy atom. The summed E-state index contributed by atoms with van der Waals surface area (Å²) in [6, 6.07) is 2.07. The lowest BCUT2D eigenvalue weighted by Crippen LogP contribution is -2.11. The molecule has 2 rings (SSSR count). The van der Waals surface area contributed by atoms with Crippen molar-refractivity contribution < 1.29 is 0 Å².